The zero-order valence-electron chi connectivity index (χ0n) is 14.5. The summed E-state index contributed by atoms with van der Waals surface area (Å²) in [4.78, 5) is 11.1. The van der Waals surface area contributed by atoms with E-state index in [0.717, 1.165) is 29.1 Å². The van der Waals surface area contributed by atoms with Gasteiger partial charge in [-0.15, -0.1) is 0 Å². The van der Waals surface area contributed by atoms with Gasteiger partial charge in [-0.3, -0.25) is 0 Å². The first kappa shape index (κ1) is 17.4. The molecule has 1 heterocycles. The van der Waals surface area contributed by atoms with Crippen LogP contribution in [-0.4, -0.2) is 20.9 Å². The average molecular weight is 344 g/mol. The van der Waals surface area contributed by atoms with Crippen molar-refractivity contribution in [3.8, 4) is 16.9 Å². The normalized spacial score (nSPS) is 11.4. The second-order valence-corrected chi connectivity index (χ2v) is 5.81. The number of carboxylic acids is 1. The lowest BCUT2D eigenvalue weighted by molar-refractivity contribution is 0.0697. The maximum Gasteiger partial charge on any atom is 0.335 e. The lowest BCUT2D eigenvalue weighted by Gasteiger charge is -2.06. The van der Waals surface area contributed by atoms with Crippen LogP contribution in [0.1, 0.15) is 23.0 Å². The third-order valence-corrected chi connectivity index (χ3v) is 3.98. The van der Waals surface area contributed by atoms with Gasteiger partial charge in [-0.1, -0.05) is 54.6 Å². The Bertz CT molecular complexity index is 936. The van der Waals surface area contributed by atoms with Crippen LogP contribution in [-0.2, 0) is 6.42 Å². The summed E-state index contributed by atoms with van der Waals surface area (Å²) in [5.41, 5.74) is 4.08. The molecule has 3 rings (SSSR count). The van der Waals surface area contributed by atoms with Crippen LogP contribution >= 0.6 is 0 Å². The smallest absolute Gasteiger partial charge is 0.335 e. The predicted octanol–water partition coefficient (Wildman–Crippen LogP) is 4.91. The summed E-state index contributed by atoms with van der Waals surface area (Å²) >= 11 is 0. The molecule has 0 saturated carbocycles. The van der Waals surface area contributed by atoms with E-state index in [9.17, 15) is 4.79 Å². The van der Waals surface area contributed by atoms with E-state index in [0.29, 0.717) is 0 Å². The number of carbonyl (C=O) groups is 1. The number of aromatic nitrogens is 2. The number of benzene rings is 2. The number of aromatic carboxylic acids is 1. The molecule has 0 saturated heterocycles. The molecule has 26 heavy (non-hydrogen) atoms. The van der Waals surface area contributed by atoms with Gasteiger partial charge in [-0.25, -0.2) is 9.48 Å². The molecular weight excluding hydrogens is 324 g/mol. The van der Waals surface area contributed by atoms with Crippen LogP contribution in [0.3, 0.4) is 0 Å². The Morgan fingerprint density at radius 3 is 2.46 bits per heavy atom. The average Bonchev–Trinajstić information content (AvgIpc) is 3.10. The van der Waals surface area contributed by atoms with Gasteiger partial charge in [-0.2, -0.15) is 5.10 Å². The van der Waals surface area contributed by atoms with Gasteiger partial charge in [0.05, 0.1) is 16.9 Å². The molecule has 0 aliphatic carbocycles. The number of hydrogen-bond acceptors (Lipinski definition) is 2. The van der Waals surface area contributed by atoms with Gasteiger partial charge in [0, 0.05) is 17.7 Å². The van der Waals surface area contributed by atoms with Gasteiger partial charge < -0.3 is 5.11 Å². The molecule has 0 fully saturated rings. The van der Waals surface area contributed by atoms with Crippen LogP contribution in [0.4, 0.5) is 0 Å². The fourth-order valence-corrected chi connectivity index (χ4v) is 2.66. The van der Waals surface area contributed by atoms with Gasteiger partial charge in [0.2, 0.25) is 0 Å². The molecule has 0 spiro atoms. The Labute approximate surface area is 152 Å². The van der Waals surface area contributed by atoms with E-state index in [-0.39, 0.29) is 5.56 Å². The standard InChI is InChI=1S/C22H20N2O2/c1-2-3-4-8-11-20-16-21(17-9-6-5-7-10-17)23-24(20)19-14-12-18(13-15-19)22(25)26/h2-10,12-16H,11H2,1H3,(H,25,26)/b3-2-,8-4-. The monoisotopic (exact) mass is 344 g/mol. The highest BCUT2D eigenvalue weighted by molar-refractivity contribution is 5.87. The molecule has 4 nitrogen and oxygen atoms in total. The first-order chi connectivity index (χ1) is 12.7. The van der Waals surface area contributed by atoms with E-state index in [1.54, 1.807) is 24.3 Å². The molecule has 0 atom stereocenters. The second kappa shape index (κ2) is 8.12. The molecule has 0 aliphatic heterocycles. The number of allylic oxidation sites excluding steroid dienone is 4. The first-order valence-corrected chi connectivity index (χ1v) is 8.45. The summed E-state index contributed by atoms with van der Waals surface area (Å²) in [5.74, 6) is -0.934. The van der Waals surface area contributed by atoms with Gasteiger partial charge in [-0.05, 0) is 37.3 Å². The molecule has 4 heteroatoms. The minimum atomic E-state index is -0.934. The van der Waals surface area contributed by atoms with Crippen molar-refractivity contribution in [3.63, 3.8) is 0 Å². The minimum absolute atomic E-state index is 0.263. The van der Waals surface area contributed by atoms with E-state index in [1.807, 2.05) is 60.2 Å². The third-order valence-electron chi connectivity index (χ3n) is 3.98. The molecule has 0 radical (unpaired) electrons. The van der Waals surface area contributed by atoms with Crippen molar-refractivity contribution < 1.29 is 9.90 Å². The van der Waals surface area contributed by atoms with Gasteiger partial charge in [0.25, 0.3) is 0 Å². The summed E-state index contributed by atoms with van der Waals surface area (Å²) in [6.07, 6.45) is 8.78. The quantitative estimate of drug-likeness (QED) is 0.646. The molecule has 130 valence electrons. The molecular formula is C22H20N2O2. The van der Waals surface area contributed by atoms with E-state index in [2.05, 4.69) is 12.1 Å². The molecule has 1 N–H and O–H groups in total. The largest absolute Gasteiger partial charge is 0.478 e. The van der Waals surface area contributed by atoms with E-state index in [4.69, 9.17) is 10.2 Å². The highest BCUT2D eigenvalue weighted by atomic mass is 16.4. The molecule has 0 amide bonds. The Kier molecular flexibility index (Phi) is 5.44. The highest BCUT2D eigenvalue weighted by Crippen LogP contribution is 2.22. The molecule has 2 aromatic carbocycles. The van der Waals surface area contributed by atoms with Crippen molar-refractivity contribution in [3.05, 3.63) is 96.2 Å². The Hall–Kier alpha value is -3.40. The Morgan fingerprint density at radius 2 is 1.81 bits per heavy atom. The first-order valence-electron chi connectivity index (χ1n) is 8.45. The number of hydrogen-bond donors (Lipinski definition) is 1. The summed E-state index contributed by atoms with van der Waals surface area (Å²) < 4.78 is 1.87. The minimum Gasteiger partial charge on any atom is -0.478 e. The van der Waals surface area contributed by atoms with Crippen LogP contribution in [0.5, 0.6) is 0 Å². The lowest BCUT2D eigenvalue weighted by atomic mass is 10.1. The molecule has 0 aliphatic rings. The van der Waals surface area contributed by atoms with Crippen LogP contribution < -0.4 is 0 Å². The van der Waals surface area contributed by atoms with Crippen molar-refractivity contribution in [2.45, 2.75) is 13.3 Å². The van der Waals surface area contributed by atoms with Crippen molar-refractivity contribution in [2.24, 2.45) is 0 Å². The zero-order valence-corrected chi connectivity index (χ0v) is 14.5. The topological polar surface area (TPSA) is 55.1 Å². The maximum absolute atomic E-state index is 11.1. The third kappa shape index (κ3) is 3.98. The number of carboxylic acid groups (broad SMARTS) is 1. The highest BCUT2D eigenvalue weighted by Gasteiger charge is 2.11. The molecule has 1 aromatic heterocycles. The van der Waals surface area contributed by atoms with Crippen LogP contribution in [0, 0.1) is 0 Å². The van der Waals surface area contributed by atoms with Crippen molar-refractivity contribution >= 4 is 5.97 Å². The fraction of sp³-hybridized carbons (Fsp3) is 0.0909. The van der Waals surface area contributed by atoms with Crippen molar-refractivity contribution in [2.75, 3.05) is 0 Å². The molecule has 0 unspecified atom stereocenters. The molecule has 0 bridgehead atoms. The van der Waals surface area contributed by atoms with Gasteiger partial charge in [0.15, 0.2) is 0 Å². The van der Waals surface area contributed by atoms with Crippen LogP contribution in [0.15, 0.2) is 85.0 Å². The van der Waals surface area contributed by atoms with E-state index >= 15 is 0 Å². The number of nitrogens with zero attached hydrogens (tertiary/aromatic N) is 2. The maximum atomic E-state index is 11.1. The van der Waals surface area contributed by atoms with Crippen LogP contribution in [0.25, 0.3) is 16.9 Å². The summed E-state index contributed by atoms with van der Waals surface area (Å²) in [6, 6.07) is 18.8. The zero-order chi connectivity index (χ0) is 18.4. The SMILES string of the molecule is C/C=C\C=C/Cc1cc(-c2ccccc2)nn1-c1ccc(C(=O)O)cc1. The van der Waals surface area contributed by atoms with Gasteiger partial charge >= 0.3 is 5.97 Å². The summed E-state index contributed by atoms with van der Waals surface area (Å²) in [6.45, 7) is 1.98. The lowest BCUT2D eigenvalue weighted by Crippen LogP contribution is -2.03. The predicted molar refractivity (Wildman–Crippen MR) is 104 cm³/mol. The van der Waals surface area contributed by atoms with E-state index < -0.39 is 5.97 Å². The summed E-state index contributed by atoms with van der Waals surface area (Å²) in [7, 11) is 0. The van der Waals surface area contributed by atoms with E-state index in [1.165, 1.54) is 0 Å². The second-order valence-electron chi connectivity index (χ2n) is 5.81. The van der Waals surface area contributed by atoms with Crippen LogP contribution in [0.2, 0.25) is 0 Å². The fourth-order valence-electron chi connectivity index (χ4n) is 2.66. The Morgan fingerprint density at radius 1 is 1.08 bits per heavy atom. The number of rotatable bonds is 6. The van der Waals surface area contributed by atoms with Crippen molar-refractivity contribution in [1.82, 2.24) is 9.78 Å². The molecule has 3 aromatic rings. The van der Waals surface area contributed by atoms with Crippen molar-refractivity contribution in [1.29, 1.82) is 0 Å². The summed E-state index contributed by atoms with van der Waals surface area (Å²) in [5, 5.41) is 13.8. The van der Waals surface area contributed by atoms with Gasteiger partial charge in [0.1, 0.15) is 0 Å². The Balaban J connectivity index is 2.00.